The van der Waals surface area contributed by atoms with E-state index in [1.165, 1.54) is 51.4 Å². The fourth-order valence-corrected chi connectivity index (χ4v) is 10.7. The average Bonchev–Trinajstić information content (AvgIpc) is 3.31. The van der Waals surface area contributed by atoms with Crippen LogP contribution in [-0.2, 0) is 9.53 Å². The molecule has 0 heterocycles. The van der Waals surface area contributed by atoms with Crippen LogP contribution in [0.3, 0.4) is 0 Å². The maximum atomic E-state index is 13.6. The number of fused-ring (bicyclic) bond motifs is 9. The molecule has 0 amide bonds. The molecule has 8 rings (SSSR count). The zero-order chi connectivity index (χ0) is 17.3. The van der Waals surface area contributed by atoms with Gasteiger partial charge in [-0.15, -0.1) is 0 Å². The van der Waals surface area contributed by atoms with Crippen molar-refractivity contribution in [3.63, 3.8) is 0 Å². The summed E-state index contributed by atoms with van der Waals surface area (Å²) in [4.78, 5) is 13.6. The molecular weight excluding hydrogens is 320 g/mol. The van der Waals surface area contributed by atoms with Crippen LogP contribution < -0.4 is 0 Å². The maximum absolute atomic E-state index is 13.6. The van der Waals surface area contributed by atoms with E-state index in [9.17, 15) is 4.79 Å². The lowest BCUT2D eigenvalue weighted by molar-refractivity contribution is -0.194. The minimum atomic E-state index is -0.128. The van der Waals surface area contributed by atoms with Crippen LogP contribution in [0.2, 0.25) is 0 Å². The number of hydrogen-bond donors (Lipinski definition) is 0. The topological polar surface area (TPSA) is 26.3 Å². The first-order valence-corrected chi connectivity index (χ1v) is 11.8. The maximum Gasteiger partial charge on any atom is 0.312 e. The molecule has 0 unspecified atom stereocenters. The molecule has 0 saturated heterocycles. The smallest absolute Gasteiger partial charge is 0.312 e. The number of ether oxygens (including phenoxy) is 1. The van der Waals surface area contributed by atoms with Crippen molar-refractivity contribution in [1.29, 1.82) is 0 Å². The molecule has 8 saturated carbocycles. The molecule has 8 aliphatic rings. The molecule has 26 heavy (non-hydrogen) atoms. The lowest BCUT2D eigenvalue weighted by Crippen LogP contribution is -2.54. The molecule has 142 valence electrons. The first-order chi connectivity index (χ1) is 12.5. The van der Waals surface area contributed by atoms with Crippen molar-refractivity contribution >= 4 is 5.97 Å². The fourth-order valence-electron chi connectivity index (χ4n) is 10.7. The van der Waals surface area contributed by atoms with Crippen molar-refractivity contribution < 1.29 is 9.53 Å². The van der Waals surface area contributed by atoms with E-state index in [1.54, 1.807) is 0 Å². The average molecular weight is 355 g/mol. The Kier molecular flexibility index (Phi) is 2.79. The number of rotatable bonds is 2. The Morgan fingerprint density at radius 1 is 0.769 bits per heavy atom. The molecule has 0 aromatic rings. The van der Waals surface area contributed by atoms with Crippen LogP contribution in [0.5, 0.6) is 0 Å². The standard InChI is InChI=1S/C24H34O2/c1-23(12-18-8-19(23)21-17-3-2-16(7-17)20(18)21)26-22(25)24-9-13-4-14(10-24)6-15(5-13)11-24/h13-21H,2-12H2,1H3/t13?,14?,15?,16-,17+,18-,19-,20+,21-,23+,24?/m0/s1. The Balaban J connectivity index is 1.15. The number of esters is 1. The summed E-state index contributed by atoms with van der Waals surface area (Å²) in [5, 5.41) is 0. The second-order valence-electron chi connectivity index (χ2n) is 12.2. The molecule has 7 atom stereocenters. The first-order valence-electron chi connectivity index (χ1n) is 11.8. The Labute approximate surface area is 157 Å². The Bertz CT molecular complexity index is 632. The van der Waals surface area contributed by atoms with Gasteiger partial charge < -0.3 is 4.74 Å². The fraction of sp³-hybridized carbons (Fsp3) is 0.958. The van der Waals surface area contributed by atoms with Gasteiger partial charge in [-0.3, -0.25) is 4.79 Å². The Morgan fingerprint density at radius 3 is 2.04 bits per heavy atom. The summed E-state index contributed by atoms with van der Waals surface area (Å²) in [6, 6.07) is 0. The highest BCUT2D eigenvalue weighted by Crippen LogP contribution is 2.70. The summed E-state index contributed by atoms with van der Waals surface area (Å²) < 4.78 is 6.59. The molecule has 0 N–H and O–H groups in total. The normalized spacial score (nSPS) is 63.5. The summed E-state index contributed by atoms with van der Waals surface area (Å²) in [6.07, 6.45) is 14.7. The third-order valence-corrected chi connectivity index (χ3v) is 10.9. The van der Waals surface area contributed by atoms with Gasteiger partial charge in [-0.2, -0.15) is 0 Å². The van der Waals surface area contributed by atoms with Crippen molar-refractivity contribution in [3.8, 4) is 0 Å². The van der Waals surface area contributed by atoms with E-state index in [1.807, 2.05) is 0 Å². The van der Waals surface area contributed by atoms with E-state index in [0.29, 0.717) is 5.92 Å². The van der Waals surface area contributed by atoms with Crippen LogP contribution in [0, 0.1) is 58.7 Å². The van der Waals surface area contributed by atoms with E-state index >= 15 is 0 Å². The van der Waals surface area contributed by atoms with Crippen molar-refractivity contribution in [2.24, 2.45) is 58.7 Å². The predicted molar refractivity (Wildman–Crippen MR) is 99.1 cm³/mol. The Hall–Kier alpha value is -0.530. The van der Waals surface area contributed by atoms with Gasteiger partial charge in [-0.1, -0.05) is 0 Å². The van der Waals surface area contributed by atoms with Crippen molar-refractivity contribution in [2.75, 3.05) is 0 Å². The first kappa shape index (κ1) is 15.4. The summed E-state index contributed by atoms with van der Waals surface area (Å²) in [6.45, 7) is 2.33. The molecule has 0 aromatic heterocycles. The second kappa shape index (κ2) is 4.71. The number of carbonyl (C=O) groups excluding carboxylic acids is 1. The van der Waals surface area contributed by atoms with Gasteiger partial charge in [0, 0.05) is 5.92 Å². The van der Waals surface area contributed by atoms with E-state index in [-0.39, 0.29) is 17.0 Å². The third-order valence-electron chi connectivity index (χ3n) is 10.9. The van der Waals surface area contributed by atoms with Crippen LogP contribution in [0.1, 0.15) is 77.6 Å². The molecule has 0 aliphatic heterocycles. The minimum Gasteiger partial charge on any atom is -0.459 e. The zero-order valence-corrected chi connectivity index (χ0v) is 16.3. The Morgan fingerprint density at radius 2 is 1.38 bits per heavy atom. The quantitative estimate of drug-likeness (QED) is 0.503. The SMILES string of the molecule is C[C@@]1(OC(=O)C23CC4CC(CC(C4)C2)C3)C[C@@H]2C[C@H]1[C@@H]1[C@@H]3CC[C@@H](C3)[C@H]21. The predicted octanol–water partition coefficient (Wildman–Crippen LogP) is 5.21. The minimum absolute atomic E-state index is 0.0757. The summed E-state index contributed by atoms with van der Waals surface area (Å²) in [7, 11) is 0. The van der Waals surface area contributed by atoms with Gasteiger partial charge in [-0.05, 0) is 125 Å². The van der Waals surface area contributed by atoms with Gasteiger partial charge in [-0.25, -0.2) is 0 Å². The summed E-state index contributed by atoms with van der Waals surface area (Å²) in [5.41, 5.74) is -0.204. The van der Waals surface area contributed by atoms with Crippen molar-refractivity contribution in [2.45, 2.75) is 83.2 Å². The molecule has 0 spiro atoms. The number of hydrogen-bond acceptors (Lipinski definition) is 2. The number of carbonyl (C=O) groups is 1. The molecule has 8 fully saturated rings. The highest BCUT2D eigenvalue weighted by atomic mass is 16.6. The summed E-state index contributed by atoms with van der Waals surface area (Å²) in [5.74, 6) is 8.20. The van der Waals surface area contributed by atoms with Crippen LogP contribution >= 0.6 is 0 Å². The zero-order valence-electron chi connectivity index (χ0n) is 16.3. The van der Waals surface area contributed by atoms with Gasteiger partial charge in [0.25, 0.3) is 0 Å². The molecule has 2 nitrogen and oxygen atoms in total. The highest BCUT2D eigenvalue weighted by molar-refractivity contribution is 5.78. The van der Waals surface area contributed by atoms with E-state index < -0.39 is 0 Å². The van der Waals surface area contributed by atoms with Gasteiger partial charge >= 0.3 is 5.97 Å². The van der Waals surface area contributed by atoms with E-state index in [4.69, 9.17) is 4.74 Å². The monoisotopic (exact) mass is 354 g/mol. The van der Waals surface area contributed by atoms with Crippen LogP contribution in [0.15, 0.2) is 0 Å². The van der Waals surface area contributed by atoms with Crippen LogP contribution in [0.4, 0.5) is 0 Å². The molecular formula is C24H34O2. The van der Waals surface area contributed by atoms with Crippen molar-refractivity contribution in [3.05, 3.63) is 0 Å². The molecule has 0 radical (unpaired) electrons. The second-order valence-corrected chi connectivity index (χ2v) is 12.2. The largest absolute Gasteiger partial charge is 0.459 e. The van der Waals surface area contributed by atoms with Gasteiger partial charge in [0.2, 0.25) is 0 Å². The van der Waals surface area contributed by atoms with Crippen LogP contribution in [-0.4, -0.2) is 11.6 Å². The molecule has 8 bridgehead atoms. The van der Waals surface area contributed by atoms with E-state index in [2.05, 4.69) is 6.92 Å². The molecule has 2 heteroatoms. The van der Waals surface area contributed by atoms with Crippen molar-refractivity contribution in [1.82, 2.24) is 0 Å². The van der Waals surface area contributed by atoms with Gasteiger partial charge in [0.05, 0.1) is 5.41 Å². The van der Waals surface area contributed by atoms with Crippen LogP contribution in [0.25, 0.3) is 0 Å². The van der Waals surface area contributed by atoms with Gasteiger partial charge in [0.1, 0.15) is 5.60 Å². The molecule has 8 aliphatic carbocycles. The lowest BCUT2D eigenvalue weighted by Gasteiger charge is -2.56. The van der Waals surface area contributed by atoms with E-state index in [0.717, 1.165) is 66.6 Å². The lowest BCUT2D eigenvalue weighted by atomic mass is 9.49. The highest BCUT2D eigenvalue weighted by Gasteiger charge is 2.67. The summed E-state index contributed by atoms with van der Waals surface area (Å²) >= 11 is 0. The van der Waals surface area contributed by atoms with Gasteiger partial charge in [0.15, 0.2) is 0 Å². The third kappa shape index (κ3) is 1.79. The molecule has 0 aromatic carbocycles.